The topological polar surface area (TPSA) is 54.9 Å². The number of nitrogens with zero attached hydrogens (tertiary/aromatic N) is 2. The van der Waals surface area contributed by atoms with Crippen molar-refractivity contribution in [2.24, 2.45) is 5.92 Å². The number of amides is 1. The molecule has 1 N–H and O–H groups in total. The second-order valence-corrected chi connectivity index (χ2v) is 7.41. The normalized spacial score (nSPS) is 16.3. The van der Waals surface area contributed by atoms with E-state index in [9.17, 15) is 13.6 Å². The molecule has 1 fully saturated rings. The van der Waals surface area contributed by atoms with Crippen molar-refractivity contribution in [1.82, 2.24) is 15.3 Å². The summed E-state index contributed by atoms with van der Waals surface area (Å²) in [6, 6.07) is 6.84. The molecule has 7 heteroatoms. The molecular weight excluding hydrogens is 360 g/mol. The van der Waals surface area contributed by atoms with Crippen LogP contribution in [0.3, 0.4) is 0 Å². The average molecular weight is 380 g/mol. The van der Waals surface area contributed by atoms with Gasteiger partial charge >= 0.3 is 0 Å². The third-order valence-corrected chi connectivity index (χ3v) is 5.09. The molecule has 1 aliphatic carbocycles. The second kappa shape index (κ2) is 7.66. The number of carbonyl (C=O) groups excluding carboxylic acids is 1. The molecule has 1 aromatic heterocycles. The number of hydrogen-bond donors (Lipinski definition) is 1. The van der Waals surface area contributed by atoms with Gasteiger partial charge < -0.3 is 5.32 Å². The van der Waals surface area contributed by atoms with Crippen molar-refractivity contribution in [3.8, 4) is 0 Å². The molecule has 0 saturated heterocycles. The Balaban J connectivity index is 1.76. The Morgan fingerprint density at radius 2 is 1.96 bits per heavy atom. The van der Waals surface area contributed by atoms with Crippen molar-refractivity contribution in [2.45, 2.75) is 38.0 Å². The van der Waals surface area contributed by atoms with Gasteiger partial charge in [-0.25, -0.2) is 18.7 Å². The number of benzene rings is 1. The lowest BCUT2D eigenvalue weighted by atomic mass is 9.79. The maximum atomic E-state index is 12.7. The molecule has 1 aromatic carbocycles. The van der Waals surface area contributed by atoms with E-state index < -0.39 is 17.7 Å². The van der Waals surface area contributed by atoms with Crippen molar-refractivity contribution in [3.05, 3.63) is 58.6 Å². The highest BCUT2D eigenvalue weighted by Crippen LogP contribution is 2.41. The van der Waals surface area contributed by atoms with Crippen LogP contribution < -0.4 is 5.32 Å². The SMILES string of the molecule is CC(CNC(=O)c1ccccc1Cl)(CC1CC1)c1cnc(C(F)F)nc1. The Morgan fingerprint density at radius 3 is 2.54 bits per heavy atom. The Bertz CT molecular complexity index is 781. The molecule has 1 aliphatic rings. The van der Waals surface area contributed by atoms with Crippen LogP contribution in [0.15, 0.2) is 36.7 Å². The third kappa shape index (κ3) is 4.36. The lowest BCUT2D eigenvalue weighted by Crippen LogP contribution is -2.39. The molecule has 1 unspecified atom stereocenters. The summed E-state index contributed by atoms with van der Waals surface area (Å²) in [6.07, 6.45) is 3.32. The Morgan fingerprint density at radius 1 is 1.31 bits per heavy atom. The van der Waals surface area contributed by atoms with Gasteiger partial charge in [-0.3, -0.25) is 4.79 Å². The van der Waals surface area contributed by atoms with Gasteiger partial charge in [0.1, 0.15) is 0 Å². The standard InChI is InChI=1S/C19H20ClF2N3O/c1-19(8-12-6-7-12,13-9-23-17(16(21)22)24-10-13)11-25-18(26)14-4-2-3-5-15(14)20/h2-5,9-10,12,16H,6-8,11H2,1H3,(H,25,26). The molecule has 4 nitrogen and oxygen atoms in total. The van der Waals surface area contributed by atoms with Crippen LogP contribution in [0.1, 0.15) is 54.4 Å². The predicted octanol–water partition coefficient (Wildman–Crippen LogP) is 4.56. The first-order valence-electron chi connectivity index (χ1n) is 8.52. The summed E-state index contributed by atoms with van der Waals surface area (Å²) in [5.41, 5.74) is 0.721. The van der Waals surface area contributed by atoms with E-state index in [0.29, 0.717) is 23.0 Å². The Labute approximate surface area is 156 Å². The summed E-state index contributed by atoms with van der Waals surface area (Å²) in [5.74, 6) is -0.169. The minimum absolute atomic E-state index is 0.261. The third-order valence-electron chi connectivity index (χ3n) is 4.76. The number of aromatic nitrogens is 2. The van der Waals surface area contributed by atoms with Crippen LogP contribution in [0.25, 0.3) is 0 Å². The Hall–Kier alpha value is -2.08. The first-order chi connectivity index (χ1) is 12.4. The molecular formula is C19H20ClF2N3O. The quantitative estimate of drug-likeness (QED) is 0.767. The van der Waals surface area contributed by atoms with Crippen molar-refractivity contribution in [1.29, 1.82) is 0 Å². The summed E-state index contributed by atoms with van der Waals surface area (Å²) >= 11 is 6.08. The van der Waals surface area contributed by atoms with E-state index >= 15 is 0 Å². The summed E-state index contributed by atoms with van der Waals surface area (Å²) in [6.45, 7) is 2.35. The van der Waals surface area contributed by atoms with Gasteiger partial charge in [-0.2, -0.15) is 0 Å². The highest BCUT2D eigenvalue weighted by atomic mass is 35.5. The van der Waals surface area contributed by atoms with E-state index in [1.165, 1.54) is 12.4 Å². The maximum Gasteiger partial charge on any atom is 0.297 e. The predicted molar refractivity (Wildman–Crippen MR) is 95.5 cm³/mol. The first kappa shape index (κ1) is 18.7. The van der Waals surface area contributed by atoms with E-state index in [1.54, 1.807) is 24.3 Å². The van der Waals surface area contributed by atoms with Crippen LogP contribution in [0, 0.1) is 5.92 Å². The highest BCUT2D eigenvalue weighted by Gasteiger charge is 2.36. The van der Waals surface area contributed by atoms with Gasteiger partial charge in [0.15, 0.2) is 5.82 Å². The number of halogens is 3. The number of carbonyl (C=O) groups is 1. The summed E-state index contributed by atoms with van der Waals surface area (Å²) in [7, 11) is 0. The fraction of sp³-hybridized carbons (Fsp3) is 0.421. The molecule has 3 rings (SSSR count). The van der Waals surface area contributed by atoms with Gasteiger partial charge in [-0.05, 0) is 30.0 Å². The van der Waals surface area contributed by atoms with Crippen LogP contribution in [-0.2, 0) is 5.41 Å². The molecule has 1 amide bonds. The summed E-state index contributed by atoms with van der Waals surface area (Å²) in [4.78, 5) is 20.0. The molecule has 0 spiro atoms. The highest BCUT2D eigenvalue weighted by molar-refractivity contribution is 6.33. The fourth-order valence-corrected chi connectivity index (χ4v) is 3.25. The van der Waals surface area contributed by atoms with E-state index in [-0.39, 0.29) is 5.91 Å². The van der Waals surface area contributed by atoms with Crippen LogP contribution >= 0.6 is 11.6 Å². The van der Waals surface area contributed by atoms with Crippen LogP contribution in [-0.4, -0.2) is 22.4 Å². The average Bonchev–Trinajstić information content (AvgIpc) is 3.44. The van der Waals surface area contributed by atoms with E-state index in [0.717, 1.165) is 24.8 Å². The molecule has 0 aliphatic heterocycles. The van der Waals surface area contributed by atoms with Gasteiger partial charge in [0, 0.05) is 24.4 Å². The number of hydrogen-bond acceptors (Lipinski definition) is 3. The van der Waals surface area contributed by atoms with Gasteiger partial charge in [0.2, 0.25) is 0 Å². The number of alkyl halides is 2. The number of rotatable bonds is 7. The van der Waals surface area contributed by atoms with Crippen molar-refractivity contribution in [3.63, 3.8) is 0 Å². The van der Waals surface area contributed by atoms with Gasteiger partial charge in [0.05, 0.1) is 10.6 Å². The first-order valence-corrected chi connectivity index (χ1v) is 8.90. The Kier molecular flexibility index (Phi) is 5.51. The number of nitrogens with one attached hydrogen (secondary N) is 1. The van der Waals surface area contributed by atoms with Crippen molar-refractivity contribution in [2.75, 3.05) is 6.54 Å². The molecule has 2 aromatic rings. The van der Waals surface area contributed by atoms with E-state index in [2.05, 4.69) is 15.3 Å². The molecule has 1 saturated carbocycles. The van der Waals surface area contributed by atoms with Crippen LogP contribution in [0.2, 0.25) is 5.02 Å². The van der Waals surface area contributed by atoms with Crippen LogP contribution in [0.4, 0.5) is 8.78 Å². The zero-order valence-corrected chi connectivity index (χ0v) is 15.1. The monoisotopic (exact) mass is 379 g/mol. The lowest BCUT2D eigenvalue weighted by molar-refractivity contribution is 0.0942. The minimum Gasteiger partial charge on any atom is -0.351 e. The minimum atomic E-state index is -2.70. The summed E-state index contributed by atoms with van der Waals surface area (Å²) in [5, 5.41) is 3.31. The van der Waals surface area contributed by atoms with Crippen molar-refractivity contribution >= 4 is 17.5 Å². The van der Waals surface area contributed by atoms with Gasteiger partial charge in [-0.1, -0.05) is 43.5 Å². The largest absolute Gasteiger partial charge is 0.351 e. The fourth-order valence-electron chi connectivity index (χ4n) is 3.03. The van der Waals surface area contributed by atoms with Crippen molar-refractivity contribution < 1.29 is 13.6 Å². The molecule has 26 heavy (non-hydrogen) atoms. The smallest absolute Gasteiger partial charge is 0.297 e. The zero-order valence-electron chi connectivity index (χ0n) is 14.4. The van der Waals surface area contributed by atoms with Crippen LogP contribution in [0.5, 0.6) is 0 Å². The van der Waals surface area contributed by atoms with E-state index in [1.807, 2.05) is 6.92 Å². The summed E-state index contributed by atoms with van der Waals surface area (Å²) < 4.78 is 25.4. The van der Waals surface area contributed by atoms with E-state index in [4.69, 9.17) is 11.6 Å². The lowest BCUT2D eigenvalue weighted by Gasteiger charge is -2.30. The molecule has 138 valence electrons. The van der Waals surface area contributed by atoms with Gasteiger partial charge in [0.25, 0.3) is 12.3 Å². The molecule has 0 radical (unpaired) electrons. The molecule has 1 heterocycles. The molecule has 0 bridgehead atoms. The second-order valence-electron chi connectivity index (χ2n) is 7.00. The van der Waals surface area contributed by atoms with Gasteiger partial charge in [-0.15, -0.1) is 0 Å². The molecule has 1 atom stereocenters. The maximum absolute atomic E-state index is 12.7. The zero-order chi connectivity index (χ0) is 18.7.